The third kappa shape index (κ3) is 3.58. The molecule has 2 aromatic carbocycles. The minimum atomic E-state index is 0.817. The fraction of sp³-hybridized carbons (Fsp3) is 0.143. The normalized spacial score (nSPS) is 10.3. The van der Waals surface area contributed by atoms with Gasteiger partial charge in [0, 0.05) is 16.5 Å². The van der Waals surface area contributed by atoms with E-state index >= 15 is 0 Å². The van der Waals surface area contributed by atoms with Gasteiger partial charge in [-0.1, -0.05) is 54.1 Å². The molecule has 0 aliphatic heterocycles. The maximum atomic E-state index is 5.93. The van der Waals surface area contributed by atoms with Gasteiger partial charge >= 0.3 is 0 Å². The number of benzene rings is 2. The van der Waals surface area contributed by atoms with E-state index in [9.17, 15) is 0 Å². The molecule has 0 saturated carbocycles. The summed E-state index contributed by atoms with van der Waals surface area (Å²) in [6, 6.07) is 18.6. The lowest BCUT2D eigenvalue weighted by Crippen LogP contribution is -1.83. The lowest BCUT2D eigenvalue weighted by molar-refractivity contribution is 1.36. The van der Waals surface area contributed by atoms with Crippen molar-refractivity contribution >= 4 is 23.4 Å². The van der Waals surface area contributed by atoms with Gasteiger partial charge in [0.05, 0.1) is 0 Å². The lowest BCUT2D eigenvalue weighted by atomic mass is 10.2. The van der Waals surface area contributed by atoms with Crippen LogP contribution < -0.4 is 0 Å². The Morgan fingerprint density at radius 1 is 0.812 bits per heavy atom. The number of halogens is 1. The van der Waals surface area contributed by atoms with Crippen LogP contribution in [0.1, 0.15) is 11.1 Å². The van der Waals surface area contributed by atoms with E-state index in [4.69, 9.17) is 11.6 Å². The molecule has 2 rings (SSSR count). The molecule has 0 bridgehead atoms. The van der Waals surface area contributed by atoms with Crippen molar-refractivity contribution in [3.8, 4) is 0 Å². The highest BCUT2D eigenvalue weighted by Gasteiger charge is 1.96. The molecule has 0 spiro atoms. The van der Waals surface area contributed by atoms with Gasteiger partial charge in [-0.15, -0.1) is 0 Å². The highest BCUT2D eigenvalue weighted by atomic mass is 35.5. The molecule has 0 nitrogen and oxygen atoms in total. The Balaban J connectivity index is 1.85. The van der Waals surface area contributed by atoms with E-state index in [-0.39, 0.29) is 0 Å². The molecular weight excluding hydrogens is 236 g/mol. The van der Waals surface area contributed by atoms with Crippen LogP contribution in [0.5, 0.6) is 0 Å². The predicted octanol–water partition coefficient (Wildman–Crippen LogP) is 4.77. The molecule has 0 fully saturated rings. The molecule has 0 aromatic heterocycles. The third-order valence-electron chi connectivity index (χ3n) is 2.27. The van der Waals surface area contributed by atoms with E-state index < -0.39 is 0 Å². The van der Waals surface area contributed by atoms with Gasteiger partial charge in [-0.2, -0.15) is 11.8 Å². The van der Waals surface area contributed by atoms with Crippen LogP contribution in [0.4, 0.5) is 0 Å². The van der Waals surface area contributed by atoms with Crippen LogP contribution in [-0.4, -0.2) is 0 Å². The molecule has 2 aromatic rings. The van der Waals surface area contributed by atoms with Gasteiger partial charge in [0.1, 0.15) is 0 Å². The van der Waals surface area contributed by atoms with Crippen molar-refractivity contribution in [1.29, 1.82) is 0 Å². The lowest BCUT2D eigenvalue weighted by Gasteiger charge is -2.02. The van der Waals surface area contributed by atoms with E-state index in [1.54, 1.807) is 0 Å². The Bertz CT molecular complexity index is 439. The average Bonchev–Trinajstić information content (AvgIpc) is 2.30. The summed E-state index contributed by atoms with van der Waals surface area (Å²) in [4.78, 5) is 0. The van der Waals surface area contributed by atoms with Crippen LogP contribution in [0.25, 0.3) is 0 Å². The van der Waals surface area contributed by atoms with Crippen molar-refractivity contribution in [1.82, 2.24) is 0 Å². The number of hydrogen-bond acceptors (Lipinski definition) is 1. The molecule has 0 radical (unpaired) electrons. The van der Waals surface area contributed by atoms with Gasteiger partial charge in [-0.25, -0.2) is 0 Å². The first-order chi connectivity index (χ1) is 7.84. The molecule has 0 heterocycles. The SMILES string of the molecule is Clc1cccc(CSCc2ccccc2)c1. The highest BCUT2D eigenvalue weighted by molar-refractivity contribution is 7.97. The fourth-order valence-corrected chi connectivity index (χ4v) is 2.65. The second-order valence-corrected chi connectivity index (χ2v) is 5.03. The van der Waals surface area contributed by atoms with Gasteiger partial charge in [0.15, 0.2) is 0 Å². The van der Waals surface area contributed by atoms with E-state index in [0.717, 1.165) is 16.5 Å². The zero-order valence-electron chi connectivity index (χ0n) is 8.90. The first-order valence-electron chi connectivity index (χ1n) is 5.21. The second kappa shape index (κ2) is 5.97. The summed E-state index contributed by atoms with van der Waals surface area (Å²) in [6.07, 6.45) is 0. The Hall–Kier alpha value is -0.920. The molecule has 0 saturated heterocycles. The molecule has 16 heavy (non-hydrogen) atoms. The van der Waals surface area contributed by atoms with E-state index in [2.05, 4.69) is 30.3 Å². The first kappa shape index (κ1) is 11.6. The summed E-state index contributed by atoms with van der Waals surface area (Å²) in [5.74, 6) is 2.06. The van der Waals surface area contributed by atoms with E-state index in [1.807, 2.05) is 36.0 Å². The topological polar surface area (TPSA) is 0 Å². The van der Waals surface area contributed by atoms with Crippen molar-refractivity contribution in [2.75, 3.05) is 0 Å². The summed E-state index contributed by atoms with van der Waals surface area (Å²) >= 11 is 7.84. The van der Waals surface area contributed by atoms with Gasteiger partial charge in [-0.3, -0.25) is 0 Å². The second-order valence-electron chi connectivity index (χ2n) is 3.61. The fourth-order valence-electron chi connectivity index (χ4n) is 1.49. The standard InChI is InChI=1S/C14H13ClS/c15-14-8-4-7-13(9-14)11-16-10-12-5-2-1-3-6-12/h1-9H,10-11H2. The highest BCUT2D eigenvalue weighted by Crippen LogP contribution is 2.19. The van der Waals surface area contributed by atoms with Crippen LogP contribution in [0.2, 0.25) is 5.02 Å². The van der Waals surface area contributed by atoms with E-state index in [1.165, 1.54) is 11.1 Å². The maximum absolute atomic E-state index is 5.93. The zero-order valence-corrected chi connectivity index (χ0v) is 10.5. The molecule has 0 aliphatic rings. The number of thioether (sulfide) groups is 1. The third-order valence-corrected chi connectivity index (χ3v) is 3.58. The molecule has 0 amide bonds. The minimum absolute atomic E-state index is 0.817. The minimum Gasteiger partial charge on any atom is -0.152 e. The maximum Gasteiger partial charge on any atom is 0.0409 e. The summed E-state index contributed by atoms with van der Waals surface area (Å²) in [5, 5.41) is 0.817. The van der Waals surface area contributed by atoms with Crippen LogP contribution in [-0.2, 0) is 11.5 Å². The van der Waals surface area contributed by atoms with E-state index in [0.29, 0.717) is 0 Å². The van der Waals surface area contributed by atoms with Crippen molar-refractivity contribution in [2.24, 2.45) is 0 Å². The number of rotatable bonds is 4. The summed E-state index contributed by atoms with van der Waals surface area (Å²) in [5.41, 5.74) is 2.66. The molecule has 0 unspecified atom stereocenters. The predicted molar refractivity (Wildman–Crippen MR) is 72.9 cm³/mol. The van der Waals surface area contributed by atoms with Gasteiger partial charge in [0.2, 0.25) is 0 Å². The van der Waals surface area contributed by atoms with Gasteiger partial charge < -0.3 is 0 Å². The molecular formula is C14H13ClS. The number of hydrogen-bond donors (Lipinski definition) is 0. The van der Waals surface area contributed by atoms with Crippen LogP contribution in [0.3, 0.4) is 0 Å². The van der Waals surface area contributed by atoms with Gasteiger partial charge in [0.25, 0.3) is 0 Å². The van der Waals surface area contributed by atoms with Crippen molar-refractivity contribution in [2.45, 2.75) is 11.5 Å². The monoisotopic (exact) mass is 248 g/mol. The van der Waals surface area contributed by atoms with Crippen molar-refractivity contribution in [3.05, 3.63) is 70.7 Å². The molecule has 82 valence electrons. The average molecular weight is 249 g/mol. The summed E-state index contributed by atoms with van der Waals surface area (Å²) in [6.45, 7) is 0. The molecule has 0 aliphatic carbocycles. The van der Waals surface area contributed by atoms with Crippen LogP contribution in [0, 0.1) is 0 Å². The Morgan fingerprint density at radius 2 is 1.50 bits per heavy atom. The first-order valence-corrected chi connectivity index (χ1v) is 6.74. The zero-order chi connectivity index (χ0) is 11.2. The van der Waals surface area contributed by atoms with Gasteiger partial charge in [-0.05, 0) is 23.3 Å². The molecule has 0 atom stereocenters. The van der Waals surface area contributed by atoms with Crippen molar-refractivity contribution in [3.63, 3.8) is 0 Å². The molecule has 2 heteroatoms. The Kier molecular flexibility index (Phi) is 4.32. The Morgan fingerprint density at radius 3 is 2.25 bits per heavy atom. The van der Waals surface area contributed by atoms with Crippen LogP contribution >= 0.6 is 23.4 Å². The smallest absolute Gasteiger partial charge is 0.0409 e. The summed E-state index contributed by atoms with van der Waals surface area (Å²) in [7, 11) is 0. The van der Waals surface area contributed by atoms with Crippen molar-refractivity contribution < 1.29 is 0 Å². The summed E-state index contributed by atoms with van der Waals surface area (Å²) < 4.78 is 0. The van der Waals surface area contributed by atoms with Crippen LogP contribution in [0.15, 0.2) is 54.6 Å². The molecule has 0 N–H and O–H groups in total. The Labute approximate surface area is 106 Å². The quantitative estimate of drug-likeness (QED) is 0.751. The largest absolute Gasteiger partial charge is 0.152 e.